The van der Waals surface area contributed by atoms with Crippen LogP contribution in [0.25, 0.3) is 0 Å². The van der Waals surface area contributed by atoms with Crippen molar-refractivity contribution in [2.45, 2.75) is 36.9 Å². The van der Waals surface area contributed by atoms with Crippen molar-refractivity contribution in [3.8, 4) is 0 Å². The number of rotatable bonds is 10. The number of hydrogen-bond acceptors (Lipinski definition) is 13. The third-order valence-corrected chi connectivity index (χ3v) is 2.51. The van der Waals surface area contributed by atoms with E-state index in [9.17, 15) is 54.3 Å². The van der Waals surface area contributed by atoms with E-state index in [0.29, 0.717) is 0 Å². The van der Waals surface area contributed by atoms with E-state index >= 15 is 0 Å². The zero-order chi connectivity index (χ0) is 21.3. The molecule has 0 saturated heterocycles. The molecule has 1 unspecified atom stereocenters. The van der Waals surface area contributed by atoms with Crippen LogP contribution in [0.15, 0.2) is 0 Å². The van der Waals surface area contributed by atoms with Crippen LogP contribution in [-0.4, -0.2) is 161 Å². The van der Waals surface area contributed by atoms with Crippen LogP contribution in [-0.2, 0) is 28.8 Å². The van der Waals surface area contributed by atoms with Gasteiger partial charge in [-0.25, -0.2) is 0 Å². The van der Waals surface area contributed by atoms with Crippen molar-refractivity contribution in [2.75, 3.05) is 0 Å². The number of hydrogen-bond donors (Lipinski definition) is 3. The van der Waals surface area contributed by atoms with Gasteiger partial charge in [0.05, 0.1) is 18.4 Å². The number of aliphatic hydroxyl groups is 2. The maximum absolute atomic E-state index is 10.2. The number of carboxylic acid groups (broad SMARTS) is 6. The van der Waals surface area contributed by atoms with Crippen LogP contribution in [0.4, 0.5) is 0 Å². The van der Waals surface area contributed by atoms with Gasteiger partial charge in [-0.3, -0.25) is 4.79 Å². The smallest absolute Gasteiger partial charge is 0.550 e. The molecule has 0 rings (SSSR count). The monoisotopic (exact) mass is 1060 g/mol. The number of aliphatic carboxylic acids is 6. The van der Waals surface area contributed by atoms with Crippen molar-refractivity contribution < 1.29 is 86.0 Å². The Labute approximate surface area is 238 Å². The second kappa shape index (κ2) is 23.5. The van der Waals surface area contributed by atoms with Crippen LogP contribution in [0.1, 0.15) is 25.7 Å². The topological polar surface area (TPSA) is 373 Å². The summed E-state index contributed by atoms with van der Waals surface area (Å²) in [5.41, 5.74) is -5.89. The molecule has 9 N–H and O–H groups in total. The number of carbonyl (C=O) groups excluding carboxylic acids is 5. The summed E-state index contributed by atoms with van der Waals surface area (Å²) in [7, 11) is 0. The van der Waals surface area contributed by atoms with Crippen LogP contribution < -0.4 is 25.5 Å². The first-order valence-corrected chi connectivity index (χ1v) is 6.24. The molecule has 178 valence electrons. The molecule has 0 aromatic heterocycles. The van der Waals surface area contributed by atoms with E-state index in [-0.39, 0.29) is 98.3 Å². The van der Waals surface area contributed by atoms with Gasteiger partial charge in [-0.05, 0) is 0 Å². The standard InChI is InChI=1S/2C6H8O7.3H2O.3Pb/c2*7-3(8)1-6(13,5(11)12)2-4(9)10;;;;;;/h2*13H,1-2H2,(H,7,8)(H,9,10)(H,11,12);3*1H2;;;/q;;;;;3*+2/p-5. The van der Waals surface area contributed by atoms with Crippen LogP contribution in [0.2, 0.25) is 0 Å². The molecule has 0 amide bonds. The van der Waals surface area contributed by atoms with Crippen molar-refractivity contribution in [3.63, 3.8) is 0 Å². The molecule has 0 aliphatic rings. The SMILES string of the molecule is O.O.O.O=C([O-])CC(O)(CC(=O)O)C(=O)[O-].O=C([O-])CC(O)(CC(=O)[O-])C(=O)[O-].[Pb+2].[Pb+2].[Pb+2]. The molecule has 32 heavy (non-hydrogen) atoms. The molecule has 0 saturated carbocycles. The molecule has 0 bridgehead atoms. The minimum atomic E-state index is -2.97. The fraction of sp³-hybridized carbons (Fsp3) is 0.500. The van der Waals surface area contributed by atoms with Gasteiger partial charge in [0.1, 0.15) is 11.2 Å². The summed E-state index contributed by atoms with van der Waals surface area (Å²) in [5, 5.41) is 76.2. The Kier molecular flexibility index (Phi) is 39.0. The zero-order valence-corrected chi connectivity index (χ0v) is 27.3. The Morgan fingerprint density at radius 2 is 0.719 bits per heavy atom. The summed E-state index contributed by atoms with van der Waals surface area (Å²) in [4.78, 5) is 60.2. The molecule has 0 heterocycles. The van der Waals surface area contributed by atoms with E-state index in [1.807, 2.05) is 0 Å². The van der Waals surface area contributed by atoms with E-state index in [1.165, 1.54) is 0 Å². The Morgan fingerprint density at radius 3 is 0.844 bits per heavy atom. The summed E-state index contributed by atoms with van der Waals surface area (Å²) in [6.07, 6.45) is -5.28. The van der Waals surface area contributed by atoms with Crippen LogP contribution >= 0.6 is 0 Å². The Balaban J connectivity index is -0.0000000505. The minimum absolute atomic E-state index is 0. The van der Waals surface area contributed by atoms with Gasteiger partial charge in [0.15, 0.2) is 0 Å². The first kappa shape index (κ1) is 53.0. The number of carboxylic acids is 6. The molecule has 17 nitrogen and oxygen atoms in total. The summed E-state index contributed by atoms with van der Waals surface area (Å²) in [6.45, 7) is 0. The molecule has 0 aliphatic carbocycles. The van der Waals surface area contributed by atoms with Crippen LogP contribution in [0, 0.1) is 0 Å². The van der Waals surface area contributed by atoms with Gasteiger partial charge < -0.3 is 81.3 Å². The van der Waals surface area contributed by atoms with Crippen LogP contribution in [0.3, 0.4) is 0 Å². The molecule has 0 spiro atoms. The first-order chi connectivity index (χ1) is 11.6. The van der Waals surface area contributed by atoms with Gasteiger partial charge >= 0.3 is 87.9 Å². The summed E-state index contributed by atoms with van der Waals surface area (Å²) >= 11 is 0. The summed E-state index contributed by atoms with van der Waals surface area (Å²) in [5.74, 6) is -11.7. The average molecular weight is 1050 g/mol. The third kappa shape index (κ3) is 24.0. The van der Waals surface area contributed by atoms with Crippen molar-refractivity contribution in [2.24, 2.45) is 0 Å². The maximum Gasteiger partial charge on any atom is 2.00 e. The Hall–Kier alpha value is -0.614. The van der Waals surface area contributed by atoms with E-state index in [1.54, 1.807) is 0 Å². The second-order valence-corrected chi connectivity index (χ2v) is 4.85. The Bertz CT molecular complexity index is 524. The van der Waals surface area contributed by atoms with Crippen molar-refractivity contribution in [3.05, 3.63) is 0 Å². The fourth-order valence-electron chi connectivity index (χ4n) is 1.38. The van der Waals surface area contributed by atoms with Gasteiger partial charge in [0.2, 0.25) is 0 Å². The third-order valence-electron chi connectivity index (χ3n) is 2.51. The molecular weight excluding hydrogens is 1040 g/mol. The molecule has 0 aromatic carbocycles. The van der Waals surface area contributed by atoms with E-state index in [4.69, 9.17) is 15.3 Å². The maximum atomic E-state index is 10.2. The normalized spacial score (nSPS) is 10.3. The van der Waals surface area contributed by atoms with Crippen molar-refractivity contribution in [1.29, 1.82) is 0 Å². The van der Waals surface area contributed by atoms with E-state index in [0.717, 1.165) is 0 Å². The zero-order valence-electron chi connectivity index (χ0n) is 15.7. The van der Waals surface area contributed by atoms with Gasteiger partial charge in [-0.1, -0.05) is 0 Å². The van der Waals surface area contributed by atoms with Crippen molar-refractivity contribution in [1.82, 2.24) is 0 Å². The average Bonchev–Trinajstić information content (AvgIpc) is 2.34. The molecule has 20 heteroatoms. The van der Waals surface area contributed by atoms with E-state index < -0.39 is 72.7 Å². The molecule has 1 atom stereocenters. The molecule has 0 aromatic rings. The number of carbonyl (C=O) groups is 6. The molecule has 0 fully saturated rings. The minimum Gasteiger partial charge on any atom is -0.550 e. The first-order valence-electron chi connectivity index (χ1n) is 6.24. The van der Waals surface area contributed by atoms with Gasteiger partial charge in [0.25, 0.3) is 0 Å². The van der Waals surface area contributed by atoms with Gasteiger partial charge in [-0.2, -0.15) is 0 Å². The molecule has 0 aliphatic heterocycles. The fourth-order valence-corrected chi connectivity index (χ4v) is 1.38. The quantitative estimate of drug-likeness (QED) is 0.171. The predicted molar refractivity (Wildman–Crippen MR) is 89.1 cm³/mol. The van der Waals surface area contributed by atoms with Crippen molar-refractivity contribution >= 4 is 118 Å². The second-order valence-electron chi connectivity index (χ2n) is 4.85. The Morgan fingerprint density at radius 1 is 0.531 bits per heavy atom. The van der Waals surface area contributed by atoms with Gasteiger partial charge in [-0.15, -0.1) is 0 Å². The largest absolute Gasteiger partial charge is 2.00 e. The summed E-state index contributed by atoms with van der Waals surface area (Å²) < 4.78 is 0. The van der Waals surface area contributed by atoms with Crippen LogP contribution in [0.5, 0.6) is 0 Å². The van der Waals surface area contributed by atoms with E-state index in [2.05, 4.69) is 0 Å². The predicted octanol–water partition coefficient (Wildman–Crippen LogP) is -12.8. The molecular formula is C12H17O17Pb3+. The van der Waals surface area contributed by atoms with Gasteiger partial charge in [0, 0.05) is 37.2 Å². The molecule has 6 radical (unpaired) electrons. The summed E-state index contributed by atoms with van der Waals surface area (Å²) in [6, 6.07) is 0.